The normalized spacial score (nSPS) is 10.9. The fourth-order valence-electron chi connectivity index (χ4n) is 0.770. The largest absolute Gasteiger partial charge is 0.485 e. The van der Waals surface area contributed by atoms with Crippen molar-refractivity contribution in [3.8, 4) is 5.19 Å². The molecule has 0 atom stereocenters. The van der Waals surface area contributed by atoms with Gasteiger partial charge in [0, 0.05) is 0 Å². The van der Waals surface area contributed by atoms with Gasteiger partial charge in [0.15, 0.2) is 11.6 Å². The summed E-state index contributed by atoms with van der Waals surface area (Å²) in [7, 11) is 0. The Labute approximate surface area is 65.1 Å². The minimum atomic E-state index is -0.0702. The van der Waals surface area contributed by atoms with Crippen molar-refractivity contribution in [1.82, 2.24) is 14.6 Å². The molecule has 6 nitrogen and oxygen atoms in total. The SMILES string of the molecule is Nc1nc2sc(O)nn2c1N. The average molecular weight is 171 g/mol. The first-order valence-corrected chi connectivity index (χ1v) is 3.59. The lowest BCUT2D eigenvalue weighted by atomic mass is 10.7. The zero-order valence-corrected chi connectivity index (χ0v) is 6.17. The number of aromatic nitrogens is 3. The Bertz CT molecular complexity index is 404. The van der Waals surface area contributed by atoms with E-state index in [2.05, 4.69) is 10.1 Å². The summed E-state index contributed by atoms with van der Waals surface area (Å²) in [4.78, 5) is 4.34. The van der Waals surface area contributed by atoms with Crippen molar-refractivity contribution in [2.45, 2.75) is 0 Å². The second kappa shape index (κ2) is 1.76. The van der Waals surface area contributed by atoms with Gasteiger partial charge in [0.25, 0.3) is 5.19 Å². The summed E-state index contributed by atoms with van der Waals surface area (Å²) < 4.78 is 1.30. The van der Waals surface area contributed by atoms with Crippen LogP contribution in [0.25, 0.3) is 4.96 Å². The highest BCUT2D eigenvalue weighted by Gasteiger charge is 2.10. The van der Waals surface area contributed by atoms with Crippen molar-refractivity contribution < 1.29 is 5.11 Å². The first-order valence-electron chi connectivity index (χ1n) is 2.78. The highest BCUT2D eigenvalue weighted by atomic mass is 32.1. The van der Waals surface area contributed by atoms with Crippen LogP contribution in [0.3, 0.4) is 0 Å². The van der Waals surface area contributed by atoms with Crippen molar-refractivity contribution in [3.05, 3.63) is 0 Å². The third-order valence-corrected chi connectivity index (χ3v) is 1.97. The van der Waals surface area contributed by atoms with E-state index in [0.29, 0.717) is 4.96 Å². The molecule has 0 aliphatic carbocycles. The fraction of sp³-hybridized carbons (Fsp3) is 0. The fourth-order valence-corrected chi connectivity index (χ4v) is 1.42. The number of imidazole rings is 1. The first kappa shape index (κ1) is 6.23. The summed E-state index contributed by atoms with van der Waals surface area (Å²) in [6.45, 7) is 0. The van der Waals surface area contributed by atoms with E-state index in [0.717, 1.165) is 11.3 Å². The molecule has 0 unspecified atom stereocenters. The van der Waals surface area contributed by atoms with E-state index < -0.39 is 0 Å². The molecule has 0 radical (unpaired) electrons. The Morgan fingerprint density at radius 2 is 2.18 bits per heavy atom. The summed E-state index contributed by atoms with van der Waals surface area (Å²) in [5.41, 5.74) is 10.8. The van der Waals surface area contributed by atoms with Crippen LogP contribution in [0.1, 0.15) is 0 Å². The molecule has 0 saturated carbocycles. The standard InChI is InChI=1S/C4H5N5OS/c5-1-2(6)9-3(7-1)11-4(10)8-9/h5-6H2,(H,8,10). The Morgan fingerprint density at radius 3 is 2.82 bits per heavy atom. The van der Waals surface area contributed by atoms with Crippen LogP contribution in [-0.2, 0) is 0 Å². The van der Waals surface area contributed by atoms with Gasteiger partial charge in [-0.2, -0.15) is 9.50 Å². The molecule has 2 aromatic heterocycles. The average Bonchev–Trinajstić information content (AvgIpc) is 2.37. The quantitative estimate of drug-likeness (QED) is 0.503. The van der Waals surface area contributed by atoms with E-state index in [4.69, 9.17) is 16.6 Å². The van der Waals surface area contributed by atoms with Gasteiger partial charge in [-0.25, -0.2) is 0 Å². The summed E-state index contributed by atoms with van der Waals surface area (Å²) >= 11 is 1.02. The van der Waals surface area contributed by atoms with Crippen LogP contribution in [-0.4, -0.2) is 19.7 Å². The Morgan fingerprint density at radius 1 is 1.45 bits per heavy atom. The lowest BCUT2D eigenvalue weighted by molar-refractivity contribution is 0.462. The predicted molar refractivity (Wildman–Crippen MR) is 41.4 cm³/mol. The Balaban J connectivity index is 2.88. The lowest BCUT2D eigenvalue weighted by Gasteiger charge is -1.85. The second-order valence-corrected chi connectivity index (χ2v) is 2.90. The predicted octanol–water partition coefficient (Wildman–Crippen LogP) is -0.339. The maximum atomic E-state index is 8.91. The van der Waals surface area contributed by atoms with Crippen LogP contribution in [0.15, 0.2) is 0 Å². The van der Waals surface area contributed by atoms with Crippen molar-refractivity contribution in [2.75, 3.05) is 11.5 Å². The third kappa shape index (κ3) is 0.709. The molecule has 2 rings (SSSR count). The molecule has 7 heteroatoms. The van der Waals surface area contributed by atoms with E-state index in [-0.39, 0.29) is 16.8 Å². The molecule has 5 N–H and O–H groups in total. The highest BCUT2D eigenvalue weighted by molar-refractivity contribution is 7.18. The van der Waals surface area contributed by atoms with E-state index in [9.17, 15) is 0 Å². The maximum absolute atomic E-state index is 8.91. The van der Waals surface area contributed by atoms with Crippen molar-refractivity contribution >= 4 is 27.9 Å². The molecule has 2 aromatic rings. The molecule has 58 valence electrons. The van der Waals surface area contributed by atoms with E-state index in [1.807, 2.05) is 0 Å². The van der Waals surface area contributed by atoms with Gasteiger partial charge in [0.1, 0.15) is 0 Å². The Kier molecular flexibility index (Phi) is 0.994. The highest BCUT2D eigenvalue weighted by Crippen LogP contribution is 2.24. The number of fused-ring (bicyclic) bond motifs is 1. The minimum absolute atomic E-state index is 0.0702. The molecule has 0 aliphatic heterocycles. The molecule has 0 aliphatic rings. The van der Waals surface area contributed by atoms with Crippen LogP contribution in [0.4, 0.5) is 11.6 Å². The van der Waals surface area contributed by atoms with Gasteiger partial charge in [-0.3, -0.25) is 0 Å². The lowest BCUT2D eigenvalue weighted by Crippen LogP contribution is -1.96. The zero-order valence-electron chi connectivity index (χ0n) is 5.35. The van der Waals surface area contributed by atoms with Gasteiger partial charge in [0.05, 0.1) is 0 Å². The molecule has 11 heavy (non-hydrogen) atoms. The number of aromatic hydroxyl groups is 1. The summed E-state index contributed by atoms with van der Waals surface area (Å²) in [6, 6.07) is 0. The topological polar surface area (TPSA) is 102 Å². The van der Waals surface area contributed by atoms with Gasteiger partial charge >= 0.3 is 0 Å². The van der Waals surface area contributed by atoms with Crippen LogP contribution < -0.4 is 11.5 Å². The monoisotopic (exact) mass is 171 g/mol. The number of nitrogen functional groups attached to an aromatic ring is 2. The summed E-state index contributed by atoms with van der Waals surface area (Å²) in [6.07, 6.45) is 0. The van der Waals surface area contributed by atoms with E-state index in [1.165, 1.54) is 4.52 Å². The van der Waals surface area contributed by atoms with E-state index >= 15 is 0 Å². The van der Waals surface area contributed by atoms with Crippen molar-refractivity contribution in [1.29, 1.82) is 0 Å². The second-order valence-electron chi connectivity index (χ2n) is 1.96. The summed E-state index contributed by atoms with van der Waals surface area (Å²) in [5, 5.41) is 12.5. The van der Waals surface area contributed by atoms with Crippen LogP contribution in [0.5, 0.6) is 5.19 Å². The number of nitrogens with two attached hydrogens (primary N) is 2. The number of nitrogens with zero attached hydrogens (tertiary/aromatic N) is 3. The molecule has 0 spiro atoms. The molecular weight excluding hydrogens is 166 g/mol. The maximum Gasteiger partial charge on any atom is 0.291 e. The minimum Gasteiger partial charge on any atom is -0.485 e. The Hall–Kier alpha value is -1.50. The van der Waals surface area contributed by atoms with Gasteiger partial charge in [-0.1, -0.05) is 0 Å². The molecule has 0 aromatic carbocycles. The zero-order chi connectivity index (χ0) is 8.01. The molecule has 0 saturated heterocycles. The molecule has 0 amide bonds. The van der Waals surface area contributed by atoms with Crippen LogP contribution in [0.2, 0.25) is 0 Å². The van der Waals surface area contributed by atoms with Gasteiger partial charge in [0.2, 0.25) is 4.96 Å². The van der Waals surface area contributed by atoms with Gasteiger partial charge in [-0.05, 0) is 11.3 Å². The van der Waals surface area contributed by atoms with E-state index in [1.54, 1.807) is 0 Å². The first-order chi connectivity index (χ1) is 5.18. The number of hydrogen-bond acceptors (Lipinski definition) is 6. The van der Waals surface area contributed by atoms with Gasteiger partial charge < -0.3 is 16.6 Å². The number of rotatable bonds is 0. The molecule has 2 heterocycles. The van der Waals surface area contributed by atoms with Crippen LogP contribution in [0, 0.1) is 0 Å². The van der Waals surface area contributed by atoms with Crippen LogP contribution >= 0.6 is 11.3 Å². The smallest absolute Gasteiger partial charge is 0.291 e. The van der Waals surface area contributed by atoms with Crippen molar-refractivity contribution in [2.24, 2.45) is 0 Å². The van der Waals surface area contributed by atoms with Crippen molar-refractivity contribution in [3.63, 3.8) is 0 Å². The number of anilines is 2. The third-order valence-electron chi connectivity index (χ3n) is 1.26. The summed E-state index contributed by atoms with van der Waals surface area (Å²) in [5.74, 6) is 0.500. The molecule has 0 bridgehead atoms. The number of hydrogen-bond donors (Lipinski definition) is 3. The molecule has 0 fully saturated rings. The van der Waals surface area contributed by atoms with Gasteiger partial charge in [-0.15, -0.1) is 5.10 Å². The molecular formula is C4H5N5OS.